The third-order valence-electron chi connectivity index (χ3n) is 3.06. The summed E-state index contributed by atoms with van der Waals surface area (Å²) in [5, 5.41) is 0. The lowest BCUT2D eigenvalue weighted by Gasteiger charge is -2.27. The zero-order valence-electron chi connectivity index (χ0n) is 11.6. The van der Waals surface area contributed by atoms with Crippen LogP contribution in [0.3, 0.4) is 0 Å². The predicted molar refractivity (Wildman–Crippen MR) is 73.7 cm³/mol. The minimum atomic E-state index is -4.43. The van der Waals surface area contributed by atoms with Crippen molar-refractivity contribution in [3.05, 3.63) is 53.9 Å². The lowest BCUT2D eigenvalue weighted by atomic mass is 10.00. The molecule has 0 fully saturated rings. The molecule has 1 aromatic heterocycles. The van der Waals surface area contributed by atoms with Crippen molar-refractivity contribution in [2.45, 2.75) is 25.6 Å². The van der Waals surface area contributed by atoms with Gasteiger partial charge < -0.3 is 10.5 Å². The van der Waals surface area contributed by atoms with Crippen LogP contribution in [0.2, 0.25) is 0 Å². The van der Waals surface area contributed by atoms with E-state index in [2.05, 4.69) is 4.98 Å². The minimum Gasteiger partial charge on any atom is -0.481 e. The van der Waals surface area contributed by atoms with Gasteiger partial charge in [-0.2, -0.15) is 13.2 Å². The Kier molecular flexibility index (Phi) is 3.80. The summed E-state index contributed by atoms with van der Waals surface area (Å²) in [4.78, 5) is 4.00. The van der Waals surface area contributed by atoms with Gasteiger partial charge >= 0.3 is 6.18 Å². The van der Waals surface area contributed by atoms with Crippen molar-refractivity contribution >= 4 is 5.69 Å². The summed E-state index contributed by atoms with van der Waals surface area (Å²) in [6, 6.07) is 6.64. The Hall–Kier alpha value is -2.24. The second kappa shape index (κ2) is 5.27. The first kappa shape index (κ1) is 15.2. The van der Waals surface area contributed by atoms with Crippen LogP contribution in [-0.2, 0) is 11.8 Å². The van der Waals surface area contributed by atoms with E-state index in [-0.39, 0.29) is 11.4 Å². The lowest BCUT2D eigenvalue weighted by Crippen LogP contribution is -2.26. The first-order chi connectivity index (χ1) is 9.70. The fourth-order valence-corrected chi connectivity index (χ4v) is 1.87. The molecule has 112 valence electrons. The lowest BCUT2D eigenvalue weighted by molar-refractivity contribution is -0.137. The van der Waals surface area contributed by atoms with Gasteiger partial charge in [0.05, 0.1) is 11.3 Å². The van der Waals surface area contributed by atoms with Crippen LogP contribution in [0.1, 0.15) is 25.0 Å². The summed E-state index contributed by atoms with van der Waals surface area (Å²) in [6.07, 6.45) is -1.15. The molecule has 2 N–H and O–H groups in total. The largest absolute Gasteiger partial charge is 0.481 e. The van der Waals surface area contributed by atoms with Crippen LogP contribution in [-0.4, -0.2) is 4.98 Å². The average Bonchev–Trinajstić information content (AvgIpc) is 2.41. The van der Waals surface area contributed by atoms with Gasteiger partial charge in [0.2, 0.25) is 0 Å². The van der Waals surface area contributed by atoms with E-state index in [1.807, 2.05) is 6.07 Å². The number of nitrogen functional groups attached to an aromatic ring is 1. The molecule has 0 bridgehead atoms. The van der Waals surface area contributed by atoms with Gasteiger partial charge in [-0.15, -0.1) is 0 Å². The van der Waals surface area contributed by atoms with Crippen molar-refractivity contribution in [1.29, 1.82) is 0 Å². The van der Waals surface area contributed by atoms with E-state index in [0.29, 0.717) is 0 Å². The van der Waals surface area contributed by atoms with Gasteiger partial charge in [-0.05, 0) is 38.1 Å². The number of nitrogens with two attached hydrogens (primary N) is 1. The molecule has 0 saturated heterocycles. The molecule has 1 aromatic carbocycles. The molecular formula is C15H15F3N2O. The highest BCUT2D eigenvalue weighted by Crippen LogP contribution is 2.36. The van der Waals surface area contributed by atoms with Gasteiger partial charge in [-0.1, -0.05) is 6.07 Å². The first-order valence-corrected chi connectivity index (χ1v) is 6.26. The molecule has 0 radical (unpaired) electrons. The topological polar surface area (TPSA) is 48.1 Å². The second-order valence-corrected chi connectivity index (χ2v) is 5.10. The summed E-state index contributed by atoms with van der Waals surface area (Å²) >= 11 is 0. The molecule has 2 rings (SSSR count). The van der Waals surface area contributed by atoms with E-state index in [9.17, 15) is 13.2 Å². The highest BCUT2D eigenvalue weighted by molar-refractivity contribution is 5.55. The van der Waals surface area contributed by atoms with E-state index in [4.69, 9.17) is 10.5 Å². The number of alkyl halides is 3. The molecule has 0 unspecified atom stereocenters. The van der Waals surface area contributed by atoms with Gasteiger partial charge in [-0.3, -0.25) is 4.98 Å². The molecule has 0 spiro atoms. The Bertz CT molecular complexity index is 625. The Morgan fingerprint density at radius 1 is 1.10 bits per heavy atom. The third kappa shape index (κ3) is 3.45. The SMILES string of the molecule is CC(C)(Oc1ccc(C(F)(F)F)cc1N)c1cccnc1. The third-order valence-corrected chi connectivity index (χ3v) is 3.06. The zero-order chi connectivity index (χ0) is 15.7. The minimum absolute atomic E-state index is 0.0539. The maximum atomic E-state index is 12.6. The molecule has 0 aliphatic rings. The van der Waals surface area contributed by atoms with Crippen molar-refractivity contribution in [3.63, 3.8) is 0 Å². The van der Waals surface area contributed by atoms with Crippen molar-refractivity contribution in [2.75, 3.05) is 5.73 Å². The maximum absolute atomic E-state index is 12.6. The summed E-state index contributed by atoms with van der Waals surface area (Å²) in [5.74, 6) is 0.205. The molecular weight excluding hydrogens is 281 g/mol. The van der Waals surface area contributed by atoms with E-state index < -0.39 is 17.3 Å². The van der Waals surface area contributed by atoms with E-state index in [1.165, 1.54) is 6.07 Å². The Labute approximate surface area is 120 Å². The first-order valence-electron chi connectivity index (χ1n) is 6.26. The maximum Gasteiger partial charge on any atom is 0.416 e. The number of hydrogen-bond donors (Lipinski definition) is 1. The fraction of sp³-hybridized carbons (Fsp3) is 0.267. The van der Waals surface area contributed by atoms with Gasteiger partial charge in [-0.25, -0.2) is 0 Å². The van der Waals surface area contributed by atoms with E-state index in [1.54, 1.807) is 32.3 Å². The summed E-state index contributed by atoms with van der Waals surface area (Å²) in [6.45, 7) is 3.59. The van der Waals surface area contributed by atoms with Crippen LogP contribution in [0.15, 0.2) is 42.7 Å². The molecule has 3 nitrogen and oxygen atoms in total. The Morgan fingerprint density at radius 3 is 2.33 bits per heavy atom. The van der Waals surface area contributed by atoms with Crippen LogP contribution < -0.4 is 10.5 Å². The Morgan fingerprint density at radius 2 is 1.81 bits per heavy atom. The number of pyridine rings is 1. The number of halogens is 3. The number of ether oxygens (including phenoxy) is 1. The van der Waals surface area contributed by atoms with Gasteiger partial charge in [0.1, 0.15) is 11.4 Å². The standard InChI is InChI=1S/C15H15F3N2O/c1-14(2,11-4-3-7-20-9-11)21-13-6-5-10(8-12(13)19)15(16,17)18/h3-9H,19H2,1-2H3. The smallest absolute Gasteiger partial charge is 0.416 e. The Balaban J connectivity index is 2.28. The molecule has 2 aromatic rings. The average molecular weight is 296 g/mol. The number of anilines is 1. The van der Waals surface area contributed by atoms with Gasteiger partial charge in [0, 0.05) is 18.0 Å². The molecule has 0 aliphatic heterocycles. The molecule has 0 aliphatic carbocycles. The summed E-state index contributed by atoms with van der Waals surface area (Å²) < 4.78 is 43.5. The number of benzene rings is 1. The van der Waals surface area contributed by atoms with Crippen molar-refractivity contribution in [1.82, 2.24) is 4.98 Å². The van der Waals surface area contributed by atoms with Crippen molar-refractivity contribution in [3.8, 4) is 5.75 Å². The van der Waals surface area contributed by atoms with Gasteiger partial charge in [0.25, 0.3) is 0 Å². The van der Waals surface area contributed by atoms with Crippen LogP contribution in [0.25, 0.3) is 0 Å². The second-order valence-electron chi connectivity index (χ2n) is 5.10. The molecule has 6 heteroatoms. The predicted octanol–water partition coefficient (Wildman–Crippen LogP) is 4.00. The summed E-state index contributed by atoms with van der Waals surface area (Å²) in [5.41, 5.74) is 4.84. The van der Waals surface area contributed by atoms with E-state index in [0.717, 1.165) is 17.7 Å². The molecule has 1 heterocycles. The number of hydrogen-bond acceptors (Lipinski definition) is 3. The zero-order valence-corrected chi connectivity index (χ0v) is 11.6. The van der Waals surface area contributed by atoms with Crippen LogP contribution in [0, 0.1) is 0 Å². The van der Waals surface area contributed by atoms with Crippen LogP contribution >= 0.6 is 0 Å². The van der Waals surface area contributed by atoms with Crippen LogP contribution in [0.5, 0.6) is 5.75 Å². The van der Waals surface area contributed by atoms with E-state index >= 15 is 0 Å². The highest BCUT2D eigenvalue weighted by atomic mass is 19.4. The highest BCUT2D eigenvalue weighted by Gasteiger charge is 2.31. The van der Waals surface area contributed by atoms with Crippen molar-refractivity contribution < 1.29 is 17.9 Å². The van der Waals surface area contributed by atoms with Crippen molar-refractivity contribution in [2.24, 2.45) is 0 Å². The number of aromatic nitrogens is 1. The molecule has 0 amide bonds. The van der Waals surface area contributed by atoms with Gasteiger partial charge in [0.15, 0.2) is 0 Å². The molecule has 0 atom stereocenters. The summed E-state index contributed by atoms with van der Waals surface area (Å²) in [7, 11) is 0. The fourth-order valence-electron chi connectivity index (χ4n) is 1.87. The number of nitrogens with zero attached hydrogens (tertiary/aromatic N) is 1. The normalized spacial score (nSPS) is 12.2. The monoisotopic (exact) mass is 296 g/mol. The van der Waals surface area contributed by atoms with Crippen LogP contribution in [0.4, 0.5) is 18.9 Å². The number of rotatable bonds is 3. The molecule has 21 heavy (non-hydrogen) atoms. The molecule has 0 saturated carbocycles. The quantitative estimate of drug-likeness (QED) is 0.871.